The van der Waals surface area contributed by atoms with Gasteiger partial charge in [0.1, 0.15) is 0 Å². The first-order valence-corrected chi connectivity index (χ1v) is 5.22. The van der Waals surface area contributed by atoms with Gasteiger partial charge in [-0.25, -0.2) is 0 Å². The van der Waals surface area contributed by atoms with Crippen LogP contribution in [0.15, 0.2) is 0 Å². The molecule has 0 radical (unpaired) electrons. The Hall–Kier alpha value is -0.900. The van der Waals surface area contributed by atoms with E-state index in [1.807, 2.05) is 0 Å². The quantitative estimate of drug-likeness (QED) is 0.632. The van der Waals surface area contributed by atoms with Crippen molar-refractivity contribution in [1.82, 2.24) is 4.90 Å². The minimum atomic E-state index is -0.486. The van der Waals surface area contributed by atoms with Crippen LogP contribution in [-0.4, -0.2) is 34.5 Å². The van der Waals surface area contributed by atoms with Crippen LogP contribution in [-0.2, 0) is 9.59 Å². The zero-order valence-corrected chi connectivity index (χ0v) is 7.85. The van der Waals surface area contributed by atoms with E-state index in [-0.39, 0.29) is 30.2 Å². The maximum atomic E-state index is 11.5. The van der Waals surface area contributed by atoms with Crippen molar-refractivity contribution < 1.29 is 14.7 Å². The second kappa shape index (κ2) is 2.57. The molecule has 76 valence electrons. The molecule has 3 unspecified atom stereocenters. The van der Waals surface area contributed by atoms with Gasteiger partial charge in [-0.3, -0.25) is 14.5 Å². The van der Waals surface area contributed by atoms with Gasteiger partial charge in [-0.15, -0.1) is 0 Å². The fraction of sp³-hybridized carbons (Fsp3) is 0.800. The van der Waals surface area contributed by atoms with E-state index in [1.165, 1.54) is 4.90 Å². The minimum absolute atomic E-state index is 0.0334. The van der Waals surface area contributed by atoms with Gasteiger partial charge in [0.2, 0.25) is 11.8 Å². The van der Waals surface area contributed by atoms with Gasteiger partial charge in [0.25, 0.3) is 0 Å². The minimum Gasteiger partial charge on any atom is -0.391 e. The molecule has 0 bridgehead atoms. The van der Waals surface area contributed by atoms with Crippen molar-refractivity contribution in [3.8, 4) is 0 Å². The molecule has 0 aromatic rings. The molecule has 2 amide bonds. The van der Waals surface area contributed by atoms with E-state index >= 15 is 0 Å². The summed E-state index contributed by atoms with van der Waals surface area (Å²) in [5, 5.41) is 9.64. The maximum absolute atomic E-state index is 11.5. The number of imide groups is 1. The average Bonchev–Trinajstić information content (AvgIpc) is 3.03. The molecule has 3 fully saturated rings. The van der Waals surface area contributed by atoms with Crippen molar-refractivity contribution in [3.63, 3.8) is 0 Å². The molecule has 14 heavy (non-hydrogen) atoms. The Morgan fingerprint density at radius 2 is 1.86 bits per heavy atom. The largest absolute Gasteiger partial charge is 0.391 e. The first-order valence-electron chi connectivity index (χ1n) is 5.22. The smallest absolute Gasteiger partial charge is 0.233 e. The molecular weight excluding hydrogens is 182 g/mol. The molecule has 0 aromatic carbocycles. The van der Waals surface area contributed by atoms with Crippen LogP contribution in [0.5, 0.6) is 0 Å². The number of carbonyl (C=O) groups is 2. The van der Waals surface area contributed by atoms with Crippen molar-refractivity contribution in [2.24, 2.45) is 17.8 Å². The Morgan fingerprint density at radius 1 is 1.29 bits per heavy atom. The molecule has 4 heteroatoms. The summed E-state index contributed by atoms with van der Waals surface area (Å²) in [7, 11) is 0. The van der Waals surface area contributed by atoms with Gasteiger partial charge in [-0.05, 0) is 25.2 Å². The van der Waals surface area contributed by atoms with E-state index in [9.17, 15) is 14.7 Å². The molecule has 0 spiro atoms. The van der Waals surface area contributed by atoms with Crippen LogP contribution in [0.1, 0.15) is 19.3 Å². The number of aliphatic hydroxyl groups excluding tert-OH is 1. The highest BCUT2D eigenvalue weighted by molar-refractivity contribution is 6.08. The van der Waals surface area contributed by atoms with Crippen molar-refractivity contribution in [2.45, 2.75) is 25.4 Å². The van der Waals surface area contributed by atoms with Gasteiger partial charge in [0.15, 0.2) is 0 Å². The lowest BCUT2D eigenvalue weighted by atomic mass is 10.2. The summed E-state index contributed by atoms with van der Waals surface area (Å²) in [6, 6.07) is 0. The summed E-state index contributed by atoms with van der Waals surface area (Å²) in [6.45, 7) is 0.231. The number of fused-ring (bicyclic) bond motifs is 1. The number of nitrogens with zero attached hydrogens (tertiary/aromatic N) is 1. The monoisotopic (exact) mass is 195 g/mol. The predicted molar refractivity (Wildman–Crippen MR) is 47.0 cm³/mol. The number of hydrogen-bond acceptors (Lipinski definition) is 3. The summed E-state index contributed by atoms with van der Waals surface area (Å²) >= 11 is 0. The van der Waals surface area contributed by atoms with E-state index in [0.29, 0.717) is 5.92 Å². The number of rotatable bonds is 3. The Morgan fingerprint density at radius 3 is 2.36 bits per heavy atom. The zero-order valence-electron chi connectivity index (χ0n) is 7.85. The highest BCUT2D eigenvalue weighted by Gasteiger charge is 2.59. The molecular formula is C10H13NO3. The van der Waals surface area contributed by atoms with E-state index in [1.54, 1.807) is 0 Å². The van der Waals surface area contributed by atoms with Gasteiger partial charge in [-0.1, -0.05) is 0 Å². The Bertz CT molecular complexity index is 290. The second-order valence-electron chi connectivity index (χ2n) is 4.64. The second-order valence-corrected chi connectivity index (χ2v) is 4.64. The average molecular weight is 195 g/mol. The third-order valence-corrected chi connectivity index (χ3v) is 3.49. The number of likely N-dealkylation sites (tertiary alicyclic amines) is 1. The zero-order chi connectivity index (χ0) is 9.87. The van der Waals surface area contributed by atoms with Gasteiger partial charge in [0.05, 0.1) is 24.5 Å². The number of hydrogen-bond donors (Lipinski definition) is 1. The molecule has 2 saturated carbocycles. The molecule has 3 rings (SSSR count). The number of carbonyl (C=O) groups excluding carboxylic acids is 2. The summed E-state index contributed by atoms with van der Waals surface area (Å²) in [5.74, 6) is 0.148. The SMILES string of the molecule is O=C1C2CC2C(=O)N1CC(O)C1CC1. The highest BCUT2D eigenvalue weighted by Crippen LogP contribution is 2.47. The Balaban J connectivity index is 1.67. The van der Waals surface area contributed by atoms with Gasteiger partial charge in [0, 0.05) is 0 Å². The number of β-amino-alcohol motifs (C(OH)–C–C–N with tert-alkyl or cyclic N) is 1. The van der Waals surface area contributed by atoms with E-state index in [2.05, 4.69) is 0 Å². The van der Waals surface area contributed by atoms with Gasteiger partial charge in [-0.2, -0.15) is 0 Å². The number of amides is 2. The lowest BCUT2D eigenvalue weighted by Gasteiger charge is -2.19. The first kappa shape index (κ1) is 8.41. The molecule has 1 N–H and O–H groups in total. The molecule has 1 saturated heterocycles. The first-order chi connectivity index (χ1) is 6.68. The summed E-state index contributed by atoms with van der Waals surface area (Å²) in [4.78, 5) is 24.3. The van der Waals surface area contributed by atoms with Gasteiger partial charge < -0.3 is 5.11 Å². The summed E-state index contributed by atoms with van der Waals surface area (Å²) in [5.41, 5.74) is 0. The lowest BCUT2D eigenvalue weighted by Crippen LogP contribution is -2.39. The topological polar surface area (TPSA) is 57.6 Å². The molecule has 0 aromatic heterocycles. The maximum Gasteiger partial charge on any atom is 0.233 e. The van der Waals surface area contributed by atoms with Crippen molar-refractivity contribution in [3.05, 3.63) is 0 Å². The van der Waals surface area contributed by atoms with Crippen LogP contribution in [0.2, 0.25) is 0 Å². The van der Waals surface area contributed by atoms with Crippen LogP contribution in [0.4, 0.5) is 0 Å². The van der Waals surface area contributed by atoms with Crippen molar-refractivity contribution in [2.75, 3.05) is 6.54 Å². The number of aliphatic hydroxyl groups is 1. The van der Waals surface area contributed by atoms with Crippen LogP contribution in [0.25, 0.3) is 0 Å². The van der Waals surface area contributed by atoms with Crippen LogP contribution in [0.3, 0.4) is 0 Å². The van der Waals surface area contributed by atoms with E-state index in [4.69, 9.17) is 0 Å². The Kier molecular flexibility index (Phi) is 1.54. The lowest BCUT2D eigenvalue weighted by molar-refractivity contribution is -0.143. The van der Waals surface area contributed by atoms with Crippen LogP contribution >= 0.6 is 0 Å². The number of piperidine rings is 1. The molecule has 3 atom stereocenters. The molecule has 1 aliphatic heterocycles. The van der Waals surface area contributed by atoms with Crippen LogP contribution in [0, 0.1) is 17.8 Å². The molecule has 1 heterocycles. The van der Waals surface area contributed by atoms with Crippen molar-refractivity contribution in [1.29, 1.82) is 0 Å². The predicted octanol–water partition coefficient (Wildman–Crippen LogP) is -0.238. The third-order valence-electron chi connectivity index (χ3n) is 3.49. The Labute approximate surface area is 81.9 Å². The molecule has 3 aliphatic rings. The molecule has 2 aliphatic carbocycles. The standard InChI is InChI=1S/C10H13NO3/c12-8(5-1-2-5)4-11-9(13)6-3-7(6)10(11)14/h5-8,12H,1-4H2. The molecule has 4 nitrogen and oxygen atoms in total. The fourth-order valence-electron chi connectivity index (χ4n) is 2.25. The summed E-state index contributed by atoms with van der Waals surface area (Å²) in [6.07, 6.45) is 2.32. The summed E-state index contributed by atoms with van der Waals surface area (Å²) < 4.78 is 0. The highest BCUT2D eigenvalue weighted by atomic mass is 16.3. The van der Waals surface area contributed by atoms with Gasteiger partial charge >= 0.3 is 0 Å². The fourth-order valence-corrected chi connectivity index (χ4v) is 2.25. The van der Waals surface area contributed by atoms with E-state index in [0.717, 1.165) is 19.3 Å². The van der Waals surface area contributed by atoms with Crippen molar-refractivity contribution >= 4 is 11.8 Å². The third kappa shape index (κ3) is 1.10. The normalized spacial score (nSPS) is 37.4. The van der Waals surface area contributed by atoms with Crippen LogP contribution < -0.4 is 0 Å². The van der Waals surface area contributed by atoms with E-state index < -0.39 is 6.10 Å².